The Bertz CT molecular complexity index is 377. The maximum Gasteiger partial charge on any atom is 0.267 e. The van der Waals surface area contributed by atoms with Gasteiger partial charge in [0, 0.05) is 45.5 Å². The molecule has 2 rings (SSSR count). The molecule has 0 atom stereocenters. The second-order valence-electron chi connectivity index (χ2n) is 4.08. The van der Waals surface area contributed by atoms with Gasteiger partial charge in [-0.2, -0.15) is 0 Å². The Morgan fingerprint density at radius 3 is 2.78 bits per heavy atom. The summed E-state index contributed by atoms with van der Waals surface area (Å²) in [6.45, 7) is 5.70. The van der Waals surface area contributed by atoms with Crippen LogP contribution in [-0.4, -0.2) is 55.1 Å². The van der Waals surface area contributed by atoms with Crippen LogP contribution in [0, 0.1) is 0 Å². The van der Waals surface area contributed by atoms with Crippen LogP contribution in [0.2, 0.25) is 5.02 Å². The van der Waals surface area contributed by atoms with Crippen molar-refractivity contribution in [2.75, 3.05) is 39.3 Å². The van der Waals surface area contributed by atoms with Gasteiger partial charge in [0.15, 0.2) is 0 Å². The SMILES string of the molecule is Cl.O=C(NCCN1CCNCC1)c1cc(Cl)c[nH]1. The van der Waals surface area contributed by atoms with Crippen molar-refractivity contribution in [3.05, 3.63) is 23.0 Å². The molecule has 7 heteroatoms. The Kier molecular flexibility index (Phi) is 6.49. The van der Waals surface area contributed by atoms with E-state index in [0.29, 0.717) is 17.3 Å². The van der Waals surface area contributed by atoms with E-state index in [1.165, 1.54) is 0 Å². The smallest absolute Gasteiger partial charge is 0.267 e. The van der Waals surface area contributed by atoms with Gasteiger partial charge in [0.05, 0.1) is 5.02 Å². The zero-order valence-corrected chi connectivity index (χ0v) is 11.6. The minimum absolute atomic E-state index is 0. The molecule has 0 aromatic carbocycles. The Hall–Kier alpha value is -0.750. The number of amides is 1. The number of rotatable bonds is 4. The van der Waals surface area contributed by atoms with Crippen LogP contribution >= 0.6 is 24.0 Å². The summed E-state index contributed by atoms with van der Waals surface area (Å²) in [6.07, 6.45) is 1.60. The van der Waals surface area contributed by atoms with E-state index in [9.17, 15) is 4.79 Å². The summed E-state index contributed by atoms with van der Waals surface area (Å²) in [5.74, 6) is -0.105. The van der Waals surface area contributed by atoms with E-state index in [1.54, 1.807) is 12.3 Å². The van der Waals surface area contributed by atoms with Crippen LogP contribution in [0.25, 0.3) is 0 Å². The number of hydrogen-bond donors (Lipinski definition) is 3. The van der Waals surface area contributed by atoms with Crippen molar-refractivity contribution in [3.8, 4) is 0 Å². The van der Waals surface area contributed by atoms with Crippen LogP contribution < -0.4 is 10.6 Å². The summed E-state index contributed by atoms with van der Waals surface area (Å²) in [4.78, 5) is 16.8. The fraction of sp³-hybridized carbons (Fsp3) is 0.545. The summed E-state index contributed by atoms with van der Waals surface area (Å²) in [5.41, 5.74) is 0.510. The first-order valence-electron chi connectivity index (χ1n) is 5.81. The summed E-state index contributed by atoms with van der Waals surface area (Å²) in [5, 5.41) is 6.72. The Morgan fingerprint density at radius 2 is 2.17 bits per heavy atom. The molecule has 1 amide bonds. The first-order chi connectivity index (χ1) is 8.25. The molecular weight excluding hydrogens is 275 g/mol. The average molecular weight is 293 g/mol. The summed E-state index contributed by atoms with van der Waals surface area (Å²) >= 11 is 5.73. The van der Waals surface area contributed by atoms with E-state index in [-0.39, 0.29) is 18.3 Å². The molecule has 2 heterocycles. The van der Waals surface area contributed by atoms with E-state index >= 15 is 0 Å². The first kappa shape index (κ1) is 15.3. The lowest BCUT2D eigenvalue weighted by Gasteiger charge is -2.26. The first-order valence-corrected chi connectivity index (χ1v) is 6.19. The summed E-state index contributed by atoms with van der Waals surface area (Å²) in [7, 11) is 0. The van der Waals surface area contributed by atoms with Crippen LogP contribution in [0.5, 0.6) is 0 Å². The van der Waals surface area contributed by atoms with Crippen molar-refractivity contribution in [3.63, 3.8) is 0 Å². The molecule has 3 N–H and O–H groups in total. The highest BCUT2D eigenvalue weighted by Crippen LogP contribution is 2.08. The summed E-state index contributed by atoms with van der Waals surface area (Å²) in [6, 6.07) is 1.63. The van der Waals surface area contributed by atoms with Crippen LogP contribution in [0.15, 0.2) is 12.3 Å². The number of aromatic amines is 1. The van der Waals surface area contributed by atoms with Crippen molar-refractivity contribution in [2.24, 2.45) is 0 Å². The number of hydrogen-bond acceptors (Lipinski definition) is 3. The van der Waals surface area contributed by atoms with Gasteiger partial charge in [-0.05, 0) is 6.07 Å². The third kappa shape index (κ3) is 4.49. The minimum Gasteiger partial charge on any atom is -0.356 e. The molecule has 0 aliphatic carbocycles. The number of piperazine rings is 1. The van der Waals surface area contributed by atoms with Crippen molar-refractivity contribution in [2.45, 2.75) is 0 Å². The normalized spacial score (nSPS) is 16.1. The molecule has 0 saturated carbocycles. The van der Waals surface area contributed by atoms with Crippen molar-refractivity contribution < 1.29 is 4.79 Å². The number of nitrogens with one attached hydrogen (secondary N) is 3. The fourth-order valence-electron chi connectivity index (χ4n) is 1.86. The molecular formula is C11H18Cl2N4O. The van der Waals surface area contributed by atoms with Gasteiger partial charge in [-0.3, -0.25) is 9.69 Å². The van der Waals surface area contributed by atoms with Crippen LogP contribution in [-0.2, 0) is 0 Å². The van der Waals surface area contributed by atoms with Crippen molar-refractivity contribution >= 4 is 29.9 Å². The van der Waals surface area contributed by atoms with Gasteiger partial charge in [-0.15, -0.1) is 12.4 Å². The predicted octanol–water partition coefficient (Wildman–Crippen LogP) is 0.725. The van der Waals surface area contributed by atoms with Gasteiger partial charge in [0.1, 0.15) is 5.69 Å². The van der Waals surface area contributed by atoms with E-state index in [4.69, 9.17) is 11.6 Å². The van der Waals surface area contributed by atoms with E-state index in [0.717, 1.165) is 32.7 Å². The van der Waals surface area contributed by atoms with Gasteiger partial charge in [-0.25, -0.2) is 0 Å². The molecule has 1 saturated heterocycles. The molecule has 1 aromatic heterocycles. The lowest BCUT2D eigenvalue weighted by Crippen LogP contribution is -2.46. The molecule has 18 heavy (non-hydrogen) atoms. The minimum atomic E-state index is -0.105. The lowest BCUT2D eigenvalue weighted by molar-refractivity contribution is 0.0943. The molecule has 1 fully saturated rings. The van der Waals surface area contributed by atoms with Crippen LogP contribution in [0.1, 0.15) is 10.5 Å². The van der Waals surface area contributed by atoms with Gasteiger partial charge < -0.3 is 15.6 Å². The van der Waals surface area contributed by atoms with Crippen LogP contribution in [0.3, 0.4) is 0 Å². The zero-order chi connectivity index (χ0) is 12.1. The molecule has 0 bridgehead atoms. The third-order valence-corrected chi connectivity index (χ3v) is 3.03. The molecule has 5 nitrogen and oxygen atoms in total. The number of carbonyl (C=O) groups is 1. The molecule has 0 spiro atoms. The van der Waals surface area contributed by atoms with Gasteiger partial charge in [0.25, 0.3) is 5.91 Å². The number of aromatic nitrogens is 1. The van der Waals surface area contributed by atoms with E-state index < -0.39 is 0 Å². The largest absolute Gasteiger partial charge is 0.356 e. The highest BCUT2D eigenvalue weighted by molar-refractivity contribution is 6.30. The van der Waals surface area contributed by atoms with Gasteiger partial charge in [-0.1, -0.05) is 11.6 Å². The number of H-pyrrole nitrogens is 1. The highest BCUT2D eigenvalue weighted by atomic mass is 35.5. The molecule has 102 valence electrons. The monoisotopic (exact) mass is 292 g/mol. The number of nitrogens with zero attached hydrogens (tertiary/aromatic N) is 1. The van der Waals surface area contributed by atoms with E-state index in [1.807, 2.05) is 0 Å². The highest BCUT2D eigenvalue weighted by Gasteiger charge is 2.10. The average Bonchev–Trinajstić information content (AvgIpc) is 2.77. The van der Waals surface area contributed by atoms with Crippen molar-refractivity contribution in [1.29, 1.82) is 0 Å². The molecule has 1 aliphatic heterocycles. The standard InChI is InChI=1S/C11H17ClN4O.ClH/c12-9-7-10(15-8-9)11(17)14-3-6-16-4-1-13-2-5-16;/h7-8,13,15H,1-6H2,(H,14,17);1H. The quantitative estimate of drug-likeness (QED) is 0.767. The topological polar surface area (TPSA) is 60.2 Å². The van der Waals surface area contributed by atoms with Crippen LogP contribution in [0.4, 0.5) is 0 Å². The molecule has 1 aliphatic rings. The van der Waals surface area contributed by atoms with E-state index in [2.05, 4.69) is 20.5 Å². The molecule has 0 unspecified atom stereocenters. The second-order valence-corrected chi connectivity index (χ2v) is 4.52. The Labute approximate surface area is 118 Å². The lowest BCUT2D eigenvalue weighted by atomic mass is 10.3. The van der Waals surface area contributed by atoms with Gasteiger partial charge >= 0.3 is 0 Å². The van der Waals surface area contributed by atoms with Gasteiger partial charge in [0.2, 0.25) is 0 Å². The predicted molar refractivity (Wildman–Crippen MR) is 74.7 cm³/mol. The fourth-order valence-corrected chi connectivity index (χ4v) is 2.02. The van der Waals surface area contributed by atoms with Crippen molar-refractivity contribution in [1.82, 2.24) is 20.5 Å². The Morgan fingerprint density at radius 1 is 1.44 bits per heavy atom. The maximum atomic E-state index is 11.7. The number of carbonyl (C=O) groups excluding carboxylic acids is 1. The molecule has 0 radical (unpaired) electrons. The third-order valence-electron chi connectivity index (χ3n) is 2.82. The second kappa shape index (κ2) is 7.63. The molecule has 1 aromatic rings. The summed E-state index contributed by atoms with van der Waals surface area (Å²) < 4.78 is 0. The zero-order valence-electron chi connectivity index (χ0n) is 10.0. The Balaban J connectivity index is 0.00000162. The number of halogens is 2. The maximum absolute atomic E-state index is 11.7.